The Morgan fingerprint density at radius 2 is 1.81 bits per heavy atom. The molecule has 7 heteroatoms. The summed E-state index contributed by atoms with van der Waals surface area (Å²) in [6, 6.07) is 14.6. The quantitative estimate of drug-likeness (QED) is 0.641. The Kier molecular flexibility index (Phi) is 8.31. The lowest BCUT2D eigenvalue weighted by Gasteiger charge is -2.08. The van der Waals surface area contributed by atoms with Crippen LogP contribution >= 0.6 is 23.4 Å². The number of rotatable bonds is 9. The number of hydrogen-bond acceptors (Lipinski definition) is 4. The normalized spacial score (nSPS) is 10.2. The van der Waals surface area contributed by atoms with E-state index >= 15 is 0 Å². The number of aryl methyl sites for hydroxylation is 1. The standard InChI is InChI=1S/C19H21ClN2O3S/c1-14-3-2-4-16(11-14)22-19(24)13-26-12-18(23)21-9-10-25-17-7-5-15(20)6-8-17/h2-8,11H,9-10,12-13H2,1H3,(H,21,23)(H,22,24). The summed E-state index contributed by atoms with van der Waals surface area (Å²) >= 11 is 7.06. The molecule has 0 aliphatic heterocycles. The summed E-state index contributed by atoms with van der Waals surface area (Å²) in [4.78, 5) is 23.6. The Bertz CT molecular complexity index is 738. The van der Waals surface area contributed by atoms with Crippen LogP contribution in [0.1, 0.15) is 5.56 Å². The molecule has 0 atom stereocenters. The van der Waals surface area contributed by atoms with E-state index in [0.29, 0.717) is 23.9 Å². The van der Waals surface area contributed by atoms with Gasteiger partial charge in [0.2, 0.25) is 11.8 Å². The molecule has 0 saturated heterocycles. The number of nitrogens with one attached hydrogen (secondary N) is 2. The molecule has 0 unspecified atom stereocenters. The van der Waals surface area contributed by atoms with Gasteiger partial charge in [-0.2, -0.15) is 0 Å². The summed E-state index contributed by atoms with van der Waals surface area (Å²) in [5.41, 5.74) is 1.84. The Hall–Kier alpha value is -2.18. The largest absolute Gasteiger partial charge is 0.492 e. The number of halogens is 1. The van der Waals surface area contributed by atoms with Gasteiger partial charge < -0.3 is 15.4 Å². The van der Waals surface area contributed by atoms with Gasteiger partial charge >= 0.3 is 0 Å². The molecule has 0 aromatic heterocycles. The van der Waals surface area contributed by atoms with E-state index in [2.05, 4.69) is 10.6 Å². The van der Waals surface area contributed by atoms with Gasteiger partial charge in [0.05, 0.1) is 18.1 Å². The molecule has 2 amide bonds. The molecule has 2 aromatic rings. The van der Waals surface area contributed by atoms with Crippen LogP contribution in [-0.4, -0.2) is 36.5 Å². The highest BCUT2D eigenvalue weighted by Gasteiger charge is 2.06. The zero-order chi connectivity index (χ0) is 18.8. The van der Waals surface area contributed by atoms with Crippen molar-refractivity contribution in [3.8, 4) is 5.75 Å². The van der Waals surface area contributed by atoms with Gasteiger partial charge in [0.25, 0.3) is 0 Å². The van der Waals surface area contributed by atoms with E-state index < -0.39 is 0 Å². The molecule has 0 bridgehead atoms. The molecule has 2 N–H and O–H groups in total. The van der Waals surface area contributed by atoms with E-state index in [-0.39, 0.29) is 23.3 Å². The predicted octanol–water partition coefficient (Wildman–Crippen LogP) is 3.52. The van der Waals surface area contributed by atoms with Gasteiger partial charge in [-0.3, -0.25) is 9.59 Å². The van der Waals surface area contributed by atoms with Gasteiger partial charge in [0, 0.05) is 10.7 Å². The maximum Gasteiger partial charge on any atom is 0.234 e. The maximum atomic E-state index is 11.9. The monoisotopic (exact) mass is 392 g/mol. The smallest absolute Gasteiger partial charge is 0.234 e. The van der Waals surface area contributed by atoms with Gasteiger partial charge in [0.1, 0.15) is 12.4 Å². The highest BCUT2D eigenvalue weighted by atomic mass is 35.5. The first-order chi connectivity index (χ1) is 12.5. The lowest BCUT2D eigenvalue weighted by Crippen LogP contribution is -2.30. The van der Waals surface area contributed by atoms with Crippen molar-refractivity contribution in [3.05, 3.63) is 59.1 Å². The first-order valence-corrected chi connectivity index (χ1v) is 9.65. The molecular formula is C19H21ClN2O3S. The Labute approximate surface area is 162 Å². The Morgan fingerprint density at radius 3 is 2.54 bits per heavy atom. The van der Waals surface area contributed by atoms with Crippen LogP contribution < -0.4 is 15.4 Å². The third kappa shape index (κ3) is 7.80. The second-order valence-electron chi connectivity index (χ2n) is 5.56. The molecule has 0 radical (unpaired) electrons. The number of anilines is 1. The molecule has 0 aliphatic rings. The topological polar surface area (TPSA) is 67.4 Å². The van der Waals surface area contributed by atoms with E-state index in [4.69, 9.17) is 16.3 Å². The minimum Gasteiger partial charge on any atom is -0.492 e. The second kappa shape index (κ2) is 10.7. The third-order valence-corrected chi connectivity index (χ3v) is 4.46. The van der Waals surface area contributed by atoms with Crippen LogP contribution in [0.15, 0.2) is 48.5 Å². The lowest BCUT2D eigenvalue weighted by atomic mass is 10.2. The van der Waals surface area contributed by atoms with Crippen molar-refractivity contribution in [2.75, 3.05) is 30.0 Å². The van der Waals surface area contributed by atoms with Gasteiger partial charge in [-0.05, 0) is 48.9 Å². The van der Waals surface area contributed by atoms with Crippen molar-refractivity contribution in [1.29, 1.82) is 0 Å². The number of thioether (sulfide) groups is 1. The molecule has 0 spiro atoms. The second-order valence-corrected chi connectivity index (χ2v) is 6.98. The van der Waals surface area contributed by atoms with Gasteiger partial charge in [-0.1, -0.05) is 23.7 Å². The molecule has 0 fully saturated rings. The van der Waals surface area contributed by atoms with Gasteiger partial charge in [-0.25, -0.2) is 0 Å². The summed E-state index contributed by atoms with van der Waals surface area (Å²) in [5, 5.41) is 6.21. The molecule has 0 saturated carbocycles. The molecule has 0 aliphatic carbocycles. The Morgan fingerprint density at radius 1 is 1.08 bits per heavy atom. The van der Waals surface area contributed by atoms with Crippen LogP contribution in [0, 0.1) is 6.92 Å². The van der Waals surface area contributed by atoms with Crippen LogP contribution in [0.3, 0.4) is 0 Å². The Balaban J connectivity index is 1.55. The van der Waals surface area contributed by atoms with Crippen LogP contribution in [0.4, 0.5) is 5.69 Å². The number of carbonyl (C=O) groups is 2. The van der Waals surface area contributed by atoms with Crippen molar-refractivity contribution in [1.82, 2.24) is 5.32 Å². The van der Waals surface area contributed by atoms with Crippen molar-refractivity contribution in [2.24, 2.45) is 0 Å². The highest BCUT2D eigenvalue weighted by Crippen LogP contribution is 2.15. The number of amides is 2. The molecule has 5 nitrogen and oxygen atoms in total. The zero-order valence-corrected chi connectivity index (χ0v) is 16.0. The summed E-state index contributed by atoms with van der Waals surface area (Å²) in [6.45, 7) is 2.73. The molecule has 26 heavy (non-hydrogen) atoms. The van der Waals surface area contributed by atoms with Crippen molar-refractivity contribution < 1.29 is 14.3 Å². The van der Waals surface area contributed by atoms with Crippen LogP contribution in [0.25, 0.3) is 0 Å². The average Bonchev–Trinajstić information content (AvgIpc) is 2.60. The minimum atomic E-state index is -0.127. The fourth-order valence-corrected chi connectivity index (χ4v) is 2.87. The van der Waals surface area contributed by atoms with E-state index in [1.54, 1.807) is 24.3 Å². The van der Waals surface area contributed by atoms with E-state index in [1.807, 2.05) is 31.2 Å². The van der Waals surface area contributed by atoms with Crippen LogP contribution in [0.2, 0.25) is 5.02 Å². The fourth-order valence-electron chi connectivity index (χ4n) is 2.10. The molecular weight excluding hydrogens is 372 g/mol. The molecule has 2 rings (SSSR count). The van der Waals surface area contributed by atoms with Gasteiger partial charge in [0.15, 0.2) is 0 Å². The van der Waals surface area contributed by atoms with E-state index in [0.717, 1.165) is 11.3 Å². The number of ether oxygens (including phenoxy) is 1. The molecule has 138 valence electrons. The summed E-state index contributed by atoms with van der Waals surface area (Å²) < 4.78 is 5.49. The maximum absolute atomic E-state index is 11.9. The number of benzene rings is 2. The SMILES string of the molecule is Cc1cccc(NC(=O)CSCC(=O)NCCOc2ccc(Cl)cc2)c1. The predicted molar refractivity (Wildman–Crippen MR) is 107 cm³/mol. The summed E-state index contributed by atoms with van der Waals surface area (Å²) in [5.74, 6) is 0.897. The zero-order valence-electron chi connectivity index (χ0n) is 14.5. The lowest BCUT2D eigenvalue weighted by molar-refractivity contribution is -0.118. The first-order valence-electron chi connectivity index (χ1n) is 8.12. The van der Waals surface area contributed by atoms with Crippen molar-refractivity contribution >= 4 is 40.9 Å². The number of hydrogen-bond donors (Lipinski definition) is 2. The van der Waals surface area contributed by atoms with E-state index in [1.165, 1.54) is 11.8 Å². The summed E-state index contributed by atoms with van der Waals surface area (Å²) in [7, 11) is 0. The average molecular weight is 393 g/mol. The highest BCUT2D eigenvalue weighted by molar-refractivity contribution is 8.00. The molecule has 2 aromatic carbocycles. The molecule has 0 heterocycles. The fraction of sp³-hybridized carbons (Fsp3) is 0.263. The first kappa shape index (κ1) is 20.1. The van der Waals surface area contributed by atoms with Crippen molar-refractivity contribution in [2.45, 2.75) is 6.92 Å². The van der Waals surface area contributed by atoms with Gasteiger partial charge in [-0.15, -0.1) is 11.8 Å². The van der Waals surface area contributed by atoms with Crippen LogP contribution in [-0.2, 0) is 9.59 Å². The van der Waals surface area contributed by atoms with Crippen LogP contribution in [0.5, 0.6) is 5.75 Å². The minimum absolute atomic E-state index is 0.125. The van der Waals surface area contributed by atoms with Crippen molar-refractivity contribution in [3.63, 3.8) is 0 Å². The third-order valence-electron chi connectivity index (χ3n) is 3.27. The number of carbonyl (C=O) groups excluding carboxylic acids is 2. The summed E-state index contributed by atoms with van der Waals surface area (Å²) in [6.07, 6.45) is 0. The van der Waals surface area contributed by atoms with E-state index in [9.17, 15) is 9.59 Å².